The highest BCUT2D eigenvalue weighted by Crippen LogP contribution is 2.18. The Morgan fingerprint density at radius 3 is 3.19 bits per heavy atom. The van der Waals surface area contributed by atoms with E-state index in [1.807, 2.05) is 0 Å². The molecule has 0 aliphatic heterocycles. The number of amides is 1. The molecule has 0 radical (unpaired) electrons. The lowest BCUT2D eigenvalue weighted by atomic mass is 10.3. The van der Waals surface area contributed by atoms with Crippen molar-refractivity contribution < 1.29 is 13.9 Å². The predicted octanol–water partition coefficient (Wildman–Crippen LogP) is 2.08. The number of fused-ring (bicyclic) bond motifs is 1. The summed E-state index contributed by atoms with van der Waals surface area (Å²) in [4.78, 5) is 14.4. The molecule has 1 aromatic carbocycles. The maximum atomic E-state index is 11.3. The molecular weight excluding hydrogens is 228 g/mol. The van der Waals surface area contributed by atoms with Crippen LogP contribution < -0.4 is 5.32 Å². The van der Waals surface area contributed by atoms with E-state index in [4.69, 9.17) is 21.4 Å². The molecule has 6 heteroatoms. The monoisotopic (exact) mass is 238 g/mol. The fraction of sp³-hybridized carbons (Fsp3) is 0.200. The van der Waals surface area contributed by atoms with Gasteiger partial charge in [0.1, 0.15) is 6.61 Å². The van der Waals surface area contributed by atoms with Crippen LogP contribution in [0.3, 0.4) is 0 Å². The van der Waals surface area contributed by atoms with E-state index in [1.54, 1.807) is 18.2 Å². The maximum absolute atomic E-state index is 11.3. The van der Waals surface area contributed by atoms with Crippen molar-refractivity contribution in [3.8, 4) is 0 Å². The maximum Gasteiger partial charge on any atom is 0.266 e. The third-order valence-corrected chi connectivity index (χ3v) is 2.16. The lowest BCUT2D eigenvalue weighted by Gasteiger charge is -2.03. The molecule has 0 saturated heterocycles. The number of benzene rings is 1. The minimum Gasteiger partial charge on any atom is -0.429 e. The molecule has 16 heavy (non-hydrogen) atoms. The Balaban J connectivity index is 2.25. The largest absolute Gasteiger partial charge is 0.429 e. The van der Waals surface area contributed by atoms with Crippen molar-refractivity contribution in [2.24, 2.45) is 0 Å². The Labute approximate surface area is 96.4 Å². The highest BCUT2D eigenvalue weighted by molar-refractivity contribution is 7.71. The van der Waals surface area contributed by atoms with Crippen molar-refractivity contribution in [1.82, 2.24) is 4.98 Å². The van der Waals surface area contributed by atoms with Gasteiger partial charge in [-0.05, 0) is 30.4 Å². The molecule has 2 N–H and O–H groups in total. The quantitative estimate of drug-likeness (QED) is 0.803. The van der Waals surface area contributed by atoms with Crippen molar-refractivity contribution in [3.05, 3.63) is 23.0 Å². The molecule has 1 aromatic heterocycles. The minimum atomic E-state index is -0.205. The number of oxazole rings is 1. The number of ether oxygens (including phenoxy) is 1. The topological polar surface area (TPSA) is 67.3 Å². The van der Waals surface area contributed by atoms with E-state index in [9.17, 15) is 4.79 Å². The molecule has 0 unspecified atom stereocenters. The van der Waals surface area contributed by atoms with Gasteiger partial charge in [0.05, 0.1) is 5.52 Å². The first-order chi connectivity index (χ1) is 7.69. The van der Waals surface area contributed by atoms with Crippen LogP contribution in [0.25, 0.3) is 11.1 Å². The molecule has 1 heterocycles. The summed E-state index contributed by atoms with van der Waals surface area (Å²) in [5, 5.41) is 2.68. The Morgan fingerprint density at radius 2 is 2.44 bits per heavy atom. The van der Waals surface area contributed by atoms with Gasteiger partial charge in [0.25, 0.3) is 4.84 Å². The Hall–Kier alpha value is -1.66. The second-order valence-corrected chi connectivity index (χ2v) is 3.58. The van der Waals surface area contributed by atoms with Crippen LogP contribution in [0.2, 0.25) is 0 Å². The summed E-state index contributed by atoms with van der Waals surface area (Å²) in [7, 11) is 1.47. The average molecular weight is 238 g/mol. The Kier molecular flexibility index (Phi) is 3.02. The zero-order valence-corrected chi connectivity index (χ0v) is 9.39. The van der Waals surface area contributed by atoms with Gasteiger partial charge in [-0.1, -0.05) is 0 Å². The van der Waals surface area contributed by atoms with Crippen molar-refractivity contribution in [2.45, 2.75) is 0 Å². The highest BCUT2D eigenvalue weighted by Gasteiger charge is 2.04. The molecule has 0 bridgehead atoms. The molecule has 1 amide bonds. The number of anilines is 1. The van der Waals surface area contributed by atoms with Crippen LogP contribution in [0.4, 0.5) is 5.69 Å². The molecule has 0 fully saturated rings. The first-order valence-corrected chi connectivity index (χ1v) is 5.01. The van der Waals surface area contributed by atoms with E-state index < -0.39 is 0 Å². The zero-order valence-electron chi connectivity index (χ0n) is 8.57. The molecule has 2 aromatic rings. The zero-order chi connectivity index (χ0) is 11.5. The predicted molar refractivity (Wildman–Crippen MR) is 61.9 cm³/mol. The molecule has 0 saturated carbocycles. The summed E-state index contributed by atoms with van der Waals surface area (Å²) in [6, 6.07) is 5.23. The number of rotatable bonds is 3. The highest BCUT2D eigenvalue weighted by atomic mass is 32.1. The number of carbonyl (C=O) groups is 1. The third kappa shape index (κ3) is 2.29. The first kappa shape index (κ1) is 10.8. The number of hydrogen-bond acceptors (Lipinski definition) is 4. The van der Waals surface area contributed by atoms with Gasteiger partial charge in [0, 0.05) is 12.8 Å². The van der Waals surface area contributed by atoms with Crippen molar-refractivity contribution in [2.75, 3.05) is 19.0 Å². The van der Waals surface area contributed by atoms with Gasteiger partial charge < -0.3 is 19.5 Å². The van der Waals surface area contributed by atoms with Gasteiger partial charge in [-0.25, -0.2) is 0 Å². The normalized spacial score (nSPS) is 10.6. The standard InChI is InChI=1S/C10H10N2O3S/c1-14-5-9(13)11-6-2-3-8-7(4-6)12-10(16)15-8/h2-4H,5H2,1H3,(H,11,13)(H,12,16). The van der Waals surface area contributed by atoms with Crippen LogP contribution >= 0.6 is 12.2 Å². The second-order valence-electron chi connectivity index (χ2n) is 3.21. The van der Waals surface area contributed by atoms with Gasteiger partial charge in [0.2, 0.25) is 5.91 Å². The summed E-state index contributed by atoms with van der Waals surface area (Å²) in [6.07, 6.45) is 0. The third-order valence-electron chi connectivity index (χ3n) is 1.98. The number of H-pyrrole nitrogens is 1. The summed E-state index contributed by atoms with van der Waals surface area (Å²) in [5.41, 5.74) is 2.08. The SMILES string of the molecule is COCC(=O)Nc1ccc2oc(=S)[nH]c2c1. The molecule has 5 nitrogen and oxygen atoms in total. The van der Waals surface area contributed by atoms with E-state index in [1.165, 1.54) is 7.11 Å². The van der Waals surface area contributed by atoms with E-state index in [0.29, 0.717) is 16.1 Å². The van der Waals surface area contributed by atoms with Crippen LogP contribution in [-0.2, 0) is 9.53 Å². The first-order valence-electron chi connectivity index (χ1n) is 4.61. The van der Waals surface area contributed by atoms with E-state index in [0.717, 1.165) is 5.52 Å². The average Bonchev–Trinajstić information content (AvgIpc) is 2.57. The molecule has 84 valence electrons. The number of aromatic nitrogens is 1. The fourth-order valence-corrected chi connectivity index (χ4v) is 1.56. The van der Waals surface area contributed by atoms with Gasteiger partial charge in [-0.3, -0.25) is 4.79 Å². The number of carbonyl (C=O) groups excluding carboxylic acids is 1. The fourth-order valence-electron chi connectivity index (χ4n) is 1.36. The van der Waals surface area contributed by atoms with Crippen molar-refractivity contribution in [3.63, 3.8) is 0 Å². The van der Waals surface area contributed by atoms with E-state index in [2.05, 4.69) is 10.3 Å². The molecule has 2 rings (SSSR count). The van der Waals surface area contributed by atoms with Crippen LogP contribution in [0.5, 0.6) is 0 Å². The summed E-state index contributed by atoms with van der Waals surface area (Å²) < 4.78 is 9.91. The summed E-state index contributed by atoms with van der Waals surface area (Å²) >= 11 is 4.86. The number of methoxy groups -OCH3 is 1. The van der Waals surface area contributed by atoms with Crippen LogP contribution in [-0.4, -0.2) is 24.6 Å². The number of aromatic amines is 1. The van der Waals surface area contributed by atoms with Crippen LogP contribution in [0, 0.1) is 4.84 Å². The van der Waals surface area contributed by atoms with Gasteiger partial charge in [-0.2, -0.15) is 0 Å². The van der Waals surface area contributed by atoms with E-state index in [-0.39, 0.29) is 12.5 Å². The minimum absolute atomic E-state index is 0.0272. The lowest BCUT2D eigenvalue weighted by molar-refractivity contribution is -0.119. The van der Waals surface area contributed by atoms with Gasteiger partial charge in [0.15, 0.2) is 5.58 Å². The van der Waals surface area contributed by atoms with Crippen LogP contribution in [0.1, 0.15) is 0 Å². The van der Waals surface area contributed by atoms with Crippen LogP contribution in [0.15, 0.2) is 22.6 Å². The summed E-state index contributed by atoms with van der Waals surface area (Å²) in [5.74, 6) is -0.205. The lowest BCUT2D eigenvalue weighted by Crippen LogP contribution is -2.16. The van der Waals surface area contributed by atoms with Gasteiger partial charge in [-0.15, -0.1) is 0 Å². The van der Waals surface area contributed by atoms with E-state index >= 15 is 0 Å². The second kappa shape index (κ2) is 4.46. The Bertz CT molecular complexity index is 573. The molecule has 0 spiro atoms. The summed E-state index contributed by atoms with van der Waals surface area (Å²) in [6.45, 7) is 0.0272. The molecule has 0 aliphatic rings. The van der Waals surface area contributed by atoms with Crippen molar-refractivity contribution in [1.29, 1.82) is 0 Å². The number of hydrogen-bond donors (Lipinski definition) is 2. The van der Waals surface area contributed by atoms with Gasteiger partial charge >= 0.3 is 0 Å². The molecular formula is C10H10N2O3S. The Morgan fingerprint density at radius 1 is 1.62 bits per heavy atom. The molecule has 0 atom stereocenters. The molecule has 0 aliphatic carbocycles. The number of nitrogens with one attached hydrogen (secondary N) is 2. The van der Waals surface area contributed by atoms with Crippen molar-refractivity contribution >= 4 is 34.9 Å². The smallest absolute Gasteiger partial charge is 0.266 e.